The van der Waals surface area contributed by atoms with Crippen molar-refractivity contribution in [2.45, 2.75) is 6.54 Å². The summed E-state index contributed by atoms with van der Waals surface area (Å²) in [5.41, 5.74) is 1.83. The lowest BCUT2D eigenvalue weighted by atomic mass is 10.2. The molecule has 2 aromatic rings. The first-order chi connectivity index (χ1) is 10.2. The van der Waals surface area contributed by atoms with E-state index in [1.165, 1.54) is 12.1 Å². The van der Waals surface area contributed by atoms with Crippen molar-refractivity contribution in [2.24, 2.45) is 0 Å². The van der Waals surface area contributed by atoms with Crippen molar-refractivity contribution in [3.05, 3.63) is 54.0 Å². The smallest absolute Gasteiger partial charge is 0.137 e. The topological polar surface area (TPSA) is 37.4 Å². The largest absolute Gasteiger partial charge is 0.383 e. The van der Waals surface area contributed by atoms with Crippen molar-refractivity contribution in [1.82, 2.24) is 10.3 Å². The molecule has 0 fully saturated rings. The van der Waals surface area contributed by atoms with Crippen molar-refractivity contribution in [3.8, 4) is 0 Å². The molecule has 0 saturated heterocycles. The van der Waals surface area contributed by atoms with E-state index < -0.39 is 0 Å². The van der Waals surface area contributed by atoms with E-state index >= 15 is 0 Å². The minimum Gasteiger partial charge on any atom is -0.383 e. The molecule has 0 unspecified atom stereocenters. The second-order valence-electron chi connectivity index (χ2n) is 4.69. The van der Waals surface area contributed by atoms with Gasteiger partial charge in [0.1, 0.15) is 11.6 Å². The van der Waals surface area contributed by atoms with Crippen LogP contribution in [0, 0.1) is 5.82 Å². The Labute approximate surface area is 124 Å². The molecule has 1 aromatic heterocycles. The highest BCUT2D eigenvalue weighted by Gasteiger charge is 2.10. The molecular formula is C16H20FN3O. The van der Waals surface area contributed by atoms with Crippen LogP contribution in [0.2, 0.25) is 0 Å². The van der Waals surface area contributed by atoms with E-state index in [1.807, 2.05) is 30.1 Å². The molecule has 21 heavy (non-hydrogen) atoms. The zero-order chi connectivity index (χ0) is 15.1. The highest BCUT2D eigenvalue weighted by atomic mass is 19.1. The van der Waals surface area contributed by atoms with Gasteiger partial charge in [-0.15, -0.1) is 0 Å². The molecule has 0 spiro atoms. The summed E-state index contributed by atoms with van der Waals surface area (Å²) >= 11 is 0. The SMILES string of the molecule is COCCNCc1cccnc1N(C)c1cccc(F)c1. The Kier molecular flexibility index (Phi) is 5.66. The molecule has 5 heteroatoms. The summed E-state index contributed by atoms with van der Waals surface area (Å²) in [5, 5.41) is 3.29. The van der Waals surface area contributed by atoms with Gasteiger partial charge < -0.3 is 15.0 Å². The van der Waals surface area contributed by atoms with E-state index in [0.717, 1.165) is 23.6 Å². The molecule has 112 valence electrons. The van der Waals surface area contributed by atoms with E-state index in [-0.39, 0.29) is 5.82 Å². The average Bonchev–Trinajstić information content (AvgIpc) is 2.51. The first-order valence-electron chi connectivity index (χ1n) is 6.85. The minimum absolute atomic E-state index is 0.255. The van der Waals surface area contributed by atoms with Gasteiger partial charge in [0.15, 0.2) is 0 Å². The van der Waals surface area contributed by atoms with Gasteiger partial charge in [-0.1, -0.05) is 12.1 Å². The number of halogens is 1. The maximum absolute atomic E-state index is 13.4. The molecule has 0 radical (unpaired) electrons. The molecule has 0 amide bonds. The lowest BCUT2D eigenvalue weighted by Crippen LogP contribution is -2.21. The van der Waals surface area contributed by atoms with E-state index in [4.69, 9.17) is 4.74 Å². The highest BCUT2D eigenvalue weighted by Crippen LogP contribution is 2.25. The van der Waals surface area contributed by atoms with Crippen molar-refractivity contribution < 1.29 is 9.13 Å². The predicted molar refractivity (Wildman–Crippen MR) is 82.3 cm³/mol. The molecule has 2 rings (SSSR count). The van der Waals surface area contributed by atoms with Gasteiger partial charge in [0, 0.05) is 44.7 Å². The van der Waals surface area contributed by atoms with E-state index in [2.05, 4.69) is 10.3 Å². The molecule has 0 saturated carbocycles. The minimum atomic E-state index is -0.255. The second kappa shape index (κ2) is 7.71. The lowest BCUT2D eigenvalue weighted by molar-refractivity contribution is 0.199. The molecule has 0 atom stereocenters. The van der Waals surface area contributed by atoms with Crippen molar-refractivity contribution in [3.63, 3.8) is 0 Å². The number of pyridine rings is 1. The first-order valence-corrected chi connectivity index (χ1v) is 6.85. The molecular weight excluding hydrogens is 269 g/mol. The van der Waals surface area contributed by atoms with Gasteiger partial charge in [-0.3, -0.25) is 0 Å². The Morgan fingerprint density at radius 2 is 2.14 bits per heavy atom. The van der Waals surface area contributed by atoms with Crippen LogP contribution in [0.5, 0.6) is 0 Å². The number of hydrogen-bond donors (Lipinski definition) is 1. The first kappa shape index (κ1) is 15.4. The highest BCUT2D eigenvalue weighted by molar-refractivity contribution is 5.61. The summed E-state index contributed by atoms with van der Waals surface area (Å²) in [6.45, 7) is 2.12. The summed E-state index contributed by atoms with van der Waals surface area (Å²) in [6, 6.07) is 10.4. The maximum atomic E-state index is 13.4. The van der Waals surface area contributed by atoms with E-state index in [9.17, 15) is 4.39 Å². The van der Waals surface area contributed by atoms with E-state index in [1.54, 1.807) is 19.4 Å². The van der Waals surface area contributed by atoms with Crippen molar-refractivity contribution >= 4 is 11.5 Å². The van der Waals surface area contributed by atoms with Crippen LogP contribution in [0.25, 0.3) is 0 Å². The average molecular weight is 289 g/mol. The third kappa shape index (κ3) is 4.24. The third-order valence-corrected chi connectivity index (χ3v) is 3.18. The molecule has 4 nitrogen and oxygen atoms in total. The number of aromatic nitrogens is 1. The number of nitrogens with zero attached hydrogens (tertiary/aromatic N) is 2. The van der Waals surface area contributed by atoms with Crippen molar-refractivity contribution in [1.29, 1.82) is 0 Å². The Hall–Kier alpha value is -1.98. The fourth-order valence-corrected chi connectivity index (χ4v) is 2.07. The Morgan fingerprint density at radius 3 is 2.90 bits per heavy atom. The van der Waals surface area contributed by atoms with Gasteiger partial charge in [0.2, 0.25) is 0 Å². The molecule has 0 aliphatic rings. The zero-order valence-electron chi connectivity index (χ0n) is 12.3. The van der Waals surface area contributed by atoms with Crippen LogP contribution in [-0.4, -0.2) is 32.3 Å². The summed E-state index contributed by atoms with van der Waals surface area (Å²) in [4.78, 5) is 6.30. The lowest BCUT2D eigenvalue weighted by Gasteiger charge is -2.21. The van der Waals surface area contributed by atoms with Crippen LogP contribution < -0.4 is 10.2 Å². The van der Waals surface area contributed by atoms with Gasteiger partial charge in [0.25, 0.3) is 0 Å². The van der Waals surface area contributed by atoms with Gasteiger partial charge in [-0.05, 0) is 24.3 Å². The number of methoxy groups -OCH3 is 1. The number of rotatable bonds is 7. The molecule has 1 aromatic carbocycles. The molecule has 1 heterocycles. The number of benzene rings is 1. The van der Waals surface area contributed by atoms with Crippen LogP contribution in [0.3, 0.4) is 0 Å². The summed E-state index contributed by atoms with van der Waals surface area (Å²) < 4.78 is 18.4. The number of nitrogens with one attached hydrogen (secondary N) is 1. The summed E-state index contributed by atoms with van der Waals surface area (Å²) in [5.74, 6) is 0.558. The number of ether oxygens (including phenoxy) is 1. The molecule has 0 aliphatic carbocycles. The van der Waals surface area contributed by atoms with Gasteiger partial charge in [-0.25, -0.2) is 9.37 Å². The van der Waals surface area contributed by atoms with Crippen molar-refractivity contribution in [2.75, 3.05) is 32.2 Å². The van der Waals surface area contributed by atoms with Crippen LogP contribution in [-0.2, 0) is 11.3 Å². The molecule has 0 bridgehead atoms. The zero-order valence-corrected chi connectivity index (χ0v) is 12.3. The normalized spacial score (nSPS) is 10.6. The maximum Gasteiger partial charge on any atom is 0.137 e. The van der Waals surface area contributed by atoms with Crippen LogP contribution in [0.15, 0.2) is 42.6 Å². The fraction of sp³-hybridized carbons (Fsp3) is 0.312. The van der Waals surface area contributed by atoms with Gasteiger partial charge >= 0.3 is 0 Å². The monoisotopic (exact) mass is 289 g/mol. The number of hydrogen-bond acceptors (Lipinski definition) is 4. The summed E-state index contributed by atoms with van der Waals surface area (Å²) in [6.07, 6.45) is 1.74. The van der Waals surface area contributed by atoms with Gasteiger partial charge in [0.05, 0.1) is 6.61 Å². The molecule has 0 aliphatic heterocycles. The summed E-state index contributed by atoms with van der Waals surface area (Å²) in [7, 11) is 3.56. The Morgan fingerprint density at radius 1 is 1.29 bits per heavy atom. The predicted octanol–water partition coefficient (Wildman–Crippen LogP) is 2.72. The second-order valence-corrected chi connectivity index (χ2v) is 4.69. The van der Waals surface area contributed by atoms with E-state index in [0.29, 0.717) is 13.2 Å². The Balaban J connectivity index is 2.15. The van der Waals surface area contributed by atoms with Crippen LogP contribution in [0.4, 0.5) is 15.9 Å². The number of anilines is 2. The van der Waals surface area contributed by atoms with Crippen LogP contribution in [0.1, 0.15) is 5.56 Å². The molecule has 1 N–H and O–H groups in total. The quantitative estimate of drug-likeness (QED) is 0.795. The standard InChI is InChI=1S/C16H20FN3O/c1-20(15-7-3-6-14(17)11-15)16-13(5-4-8-19-16)12-18-9-10-21-2/h3-8,11,18H,9-10,12H2,1-2H3. The van der Waals surface area contributed by atoms with Crippen LogP contribution >= 0.6 is 0 Å². The van der Waals surface area contributed by atoms with Gasteiger partial charge in [-0.2, -0.15) is 0 Å². The third-order valence-electron chi connectivity index (χ3n) is 3.18. The Bertz CT molecular complexity index is 577. The fourth-order valence-electron chi connectivity index (χ4n) is 2.07.